The summed E-state index contributed by atoms with van der Waals surface area (Å²) in [7, 11) is 0. The number of rotatable bonds is 4. The quantitative estimate of drug-likeness (QED) is 0.502. The number of carboxylic acids is 1. The molecule has 0 saturated carbocycles. The van der Waals surface area contributed by atoms with Crippen LogP contribution in [0.2, 0.25) is 5.02 Å². The molecule has 8 heteroatoms. The van der Waals surface area contributed by atoms with Crippen molar-refractivity contribution in [1.82, 2.24) is 0 Å². The molecule has 1 aliphatic rings. The SMILES string of the molecule is O=C(O)[C@H]1CC=CC[C@@H]1C(=O)Nc1cc([N+](=O)[O-])ccc1Cl. The summed E-state index contributed by atoms with van der Waals surface area (Å²) < 4.78 is 0. The fraction of sp³-hybridized carbons (Fsp3) is 0.286. The molecule has 0 aliphatic heterocycles. The third kappa shape index (κ3) is 3.43. The van der Waals surface area contributed by atoms with E-state index in [-0.39, 0.29) is 22.8 Å². The molecule has 0 heterocycles. The van der Waals surface area contributed by atoms with Gasteiger partial charge in [0.05, 0.1) is 27.5 Å². The molecule has 0 aromatic heterocycles. The standard InChI is InChI=1S/C14H13ClN2O5/c15-11-6-5-8(17(21)22)7-12(11)16-13(18)9-3-1-2-4-10(9)14(19)20/h1-2,5-7,9-10H,3-4H2,(H,16,18)(H,19,20)/t9-,10-/m0/s1. The second-order valence-corrected chi connectivity index (χ2v) is 5.31. The van der Waals surface area contributed by atoms with Crippen molar-refractivity contribution in [1.29, 1.82) is 0 Å². The summed E-state index contributed by atoms with van der Waals surface area (Å²) in [6.45, 7) is 0. The third-order valence-electron chi connectivity index (χ3n) is 3.51. The first-order chi connectivity index (χ1) is 10.4. The maximum atomic E-state index is 12.3. The average molecular weight is 325 g/mol. The van der Waals surface area contributed by atoms with E-state index in [9.17, 15) is 19.7 Å². The second kappa shape index (κ2) is 6.57. The lowest BCUT2D eigenvalue weighted by Gasteiger charge is -2.24. The summed E-state index contributed by atoms with van der Waals surface area (Å²) in [5.41, 5.74) is -0.113. The number of carboxylic acid groups (broad SMARTS) is 1. The Morgan fingerprint density at radius 1 is 1.27 bits per heavy atom. The maximum Gasteiger partial charge on any atom is 0.307 e. The lowest BCUT2D eigenvalue weighted by molar-refractivity contribution is -0.384. The van der Waals surface area contributed by atoms with Crippen LogP contribution in [0.5, 0.6) is 0 Å². The number of nitrogens with one attached hydrogen (secondary N) is 1. The van der Waals surface area contributed by atoms with Crippen LogP contribution in [-0.4, -0.2) is 21.9 Å². The van der Waals surface area contributed by atoms with Gasteiger partial charge in [-0.3, -0.25) is 19.7 Å². The maximum absolute atomic E-state index is 12.3. The minimum absolute atomic E-state index is 0.0968. The molecule has 1 aromatic carbocycles. The zero-order valence-corrected chi connectivity index (χ0v) is 12.1. The average Bonchev–Trinajstić information content (AvgIpc) is 2.49. The molecule has 0 saturated heterocycles. The van der Waals surface area contributed by atoms with Crippen LogP contribution in [-0.2, 0) is 9.59 Å². The van der Waals surface area contributed by atoms with Gasteiger partial charge < -0.3 is 10.4 Å². The molecular formula is C14H13ClN2O5. The molecule has 2 N–H and O–H groups in total. The van der Waals surface area contributed by atoms with E-state index in [0.717, 1.165) is 6.07 Å². The van der Waals surface area contributed by atoms with E-state index in [1.54, 1.807) is 12.2 Å². The first kappa shape index (κ1) is 16.0. The summed E-state index contributed by atoms with van der Waals surface area (Å²) in [4.78, 5) is 33.6. The van der Waals surface area contributed by atoms with E-state index in [2.05, 4.69) is 5.32 Å². The van der Waals surface area contributed by atoms with Crippen LogP contribution >= 0.6 is 11.6 Å². The van der Waals surface area contributed by atoms with E-state index in [1.165, 1.54) is 12.1 Å². The van der Waals surface area contributed by atoms with Gasteiger partial charge in [-0.25, -0.2) is 0 Å². The normalized spacial score (nSPS) is 20.4. The van der Waals surface area contributed by atoms with Crippen molar-refractivity contribution in [3.05, 3.63) is 45.5 Å². The topological polar surface area (TPSA) is 110 Å². The molecule has 0 unspecified atom stereocenters. The molecule has 0 fully saturated rings. The van der Waals surface area contributed by atoms with Gasteiger partial charge in [-0.2, -0.15) is 0 Å². The fourth-order valence-corrected chi connectivity index (χ4v) is 2.49. The van der Waals surface area contributed by atoms with E-state index >= 15 is 0 Å². The summed E-state index contributed by atoms with van der Waals surface area (Å²) >= 11 is 5.92. The van der Waals surface area contributed by atoms with Gasteiger partial charge >= 0.3 is 5.97 Å². The number of halogens is 1. The number of anilines is 1. The highest BCUT2D eigenvalue weighted by Crippen LogP contribution is 2.30. The first-order valence-corrected chi connectivity index (χ1v) is 6.90. The smallest absolute Gasteiger partial charge is 0.307 e. The molecule has 1 aromatic rings. The lowest BCUT2D eigenvalue weighted by Crippen LogP contribution is -2.34. The summed E-state index contributed by atoms with van der Waals surface area (Å²) in [5, 5.41) is 22.6. The van der Waals surface area contributed by atoms with Crippen molar-refractivity contribution >= 4 is 34.9 Å². The highest BCUT2D eigenvalue weighted by Gasteiger charge is 2.34. The van der Waals surface area contributed by atoms with Crippen LogP contribution in [0.3, 0.4) is 0 Å². The Morgan fingerprint density at radius 3 is 2.50 bits per heavy atom. The number of nitro benzene ring substituents is 1. The third-order valence-corrected chi connectivity index (χ3v) is 3.83. The Morgan fingerprint density at radius 2 is 1.91 bits per heavy atom. The van der Waals surface area contributed by atoms with E-state index in [4.69, 9.17) is 16.7 Å². The minimum atomic E-state index is -1.05. The number of benzene rings is 1. The van der Waals surface area contributed by atoms with Gasteiger partial charge in [-0.1, -0.05) is 23.8 Å². The largest absolute Gasteiger partial charge is 0.481 e. The number of carbonyl (C=O) groups is 2. The molecule has 116 valence electrons. The molecule has 7 nitrogen and oxygen atoms in total. The predicted octanol–water partition coefficient (Wildman–Crippen LogP) is 2.85. The van der Waals surface area contributed by atoms with Crippen molar-refractivity contribution in [2.75, 3.05) is 5.32 Å². The van der Waals surface area contributed by atoms with Gasteiger partial charge in [0.25, 0.3) is 5.69 Å². The molecule has 0 bridgehead atoms. The van der Waals surface area contributed by atoms with Crippen molar-refractivity contribution in [3.63, 3.8) is 0 Å². The molecule has 1 amide bonds. The number of nitrogens with zero attached hydrogens (tertiary/aromatic N) is 1. The monoisotopic (exact) mass is 324 g/mol. The fourth-order valence-electron chi connectivity index (χ4n) is 2.32. The minimum Gasteiger partial charge on any atom is -0.481 e. The van der Waals surface area contributed by atoms with Gasteiger partial charge in [0, 0.05) is 12.1 Å². The second-order valence-electron chi connectivity index (χ2n) is 4.90. The summed E-state index contributed by atoms with van der Waals surface area (Å²) in [6, 6.07) is 3.68. The van der Waals surface area contributed by atoms with Crippen LogP contribution in [0.15, 0.2) is 30.4 Å². The van der Waals surface area contributed by atoms with E-state index in [1.807, 2.05) is 0 Å². The first-order valence-electron chi connectivity index (χ1n) is 6.52. The van der Waals surface area contributed by atoms with Crippen LogP contribution in [0.25, 0.3) is 0 Å². The molecular weight excluding hydrogens is 312 g/mol. The zero-order chi connectivity index (χ0) is 16.3. The predicted molar refractivity (Wildman–Crippen MR) is 79.7 cm³/mol. The highest BCUT2D eigenvalue weighted by molar-refractivity contribution is 6.33. The Labute approximate surface area is 130 Å². The van der Waals surface area contributed by atoms with Crippen LogP contribution in [0.4, 0.5) is 11.4 Å². The Balaban J connectivity index is 2.21. The van der Waals surface area contributed by atoms with Gasteiger partial charge in [-0.05, 0) is 18.9 Å². The number of aliphatic carboxylic acids is 1. The molecule has 0 radical (unpaired) electrons. The van der Waals surface area contributed by atoms with Crippen molar-refractivity contribution in [2.45, 2.75) is 12.8 Å². The van der Waals surface area contributed by atoms with Crippen LogP contribution < -0.4 is 5.32 Å². The van der Waals surface area contributed by atoms with Gasteiger partial charge in [-0.15, -0.1) is 0 Å². The van der Waals surface area contributed by atoms with Crippen molar-refractivity contribution < 1.29 is 19.6 Å². The molecule has 22 heavy (non-hydrogen) atoms. The van der Waals surface area contributed by atoms with Gasteiger partial charge in [0.1, 0.15) is 0 Å². The number of amides is 1. The van der Waals surface area contributed by atoms with Crippen LogP contribution in [0.1, 0.15) is 12.8 Å². The number of non-ortho nitro benzene ring substituents is 1. The molecule has 0 spiro atoms. The zero-order valence-electron chi connectivity index (χ0n) is 11.4. The number of hydrogen-bond donors (Lipinski definition) is 2. The van der Waals surface area contributed by atoms with Crippen molar-refractivity contribution in [2.24, 2.45) is 11.8 Å². The van der Waals surface area contributed by atoms with Crippen LogP contribution in [0, 0.1) is 22.0 Å². The Bertz CT molecular complexity index is 659. The number of allylic oxidation sites excluding steroid dienone is 2. The van der Waals surface area contributed by atoms with Gasteiger partial charge in [0.2, 0.25) is 5.91 Å². The Kier molecular flexibility index (Phi) is 4.77. The molecule has 2 atom stereocenters. The molecule has 1 aliphatic carbocycles. The lowest BCUT2D eigenvalue weighted by atomic mass is 9.82. The number of carbonyl (C=O) groups excluding carboxylic acids is 1. The van der Waals surface area contributed by atoms with E-state index < -0.39 is 28.6 Å². The van der Waals surface area contributed by atoms with Gasteiger partial charge in [0.15, 0.2) is 0 Å². The highest BCUT2D eigenvalue weighted by atomic mass is 35.5. The Hall–Kier alpha value is -2.41. The molecule has 2 rings (SSSR count). The number of nitro groups is 1. The summed E-state index contributed by atoms with van der Waals surface area (Å²) in [6.07, 6.45) is 4.05. The summed E-state index contributed by atoms with van der Waals surface area (Å²) in [5.74, 6) is -3.12. The van der Waals surface area contributed by atoms with Crippen molar-refractivity contribution in [3.8, 4) is 0 Å². The number of hydrogen-bond acceptors (Lipinski definition) is 4. The van der Waals surface area contributed by atoms with E-state index in [0.29, 0.717) is 6.42 Å².